The molecule has 1 aromatic rings. The van der Waals surface area contributed by atoms with Gasteiger partial charge in [0.25, 0.3) is 0 Å². The van der Waals surface area contributed by atoms with E-state index in [9.17, 15) is 0 Å². The predicted molar refractivity (Wildman–Crippen MR) is 88.1 cm³/mol. The number of hydrogen-bond donors (Lipinski definition) is 1. The van der Waals surface area contributed by atoms with Crippen LogP contribution in [0, 0.1) is 18.3 Å². The summed E-state index contributed by atoms with van der Waals surface area (Å²) in [6, 6.07) is 8.58. The second kappa shape index (κ2) is 9.44. The fraction of sp³-hybridized carbons (Fsp3) is 0.500. The van der Waals surface area contributed by atoms with Crippen LogP contribution >= 0.6 is 36.4 Å². The molecule has 1 N–H and O–H groups in total. The van der Waals surface area contributed by atoms with Crippen molar-refractivity contribution in [2.45, 2.75) is 19.4 Å². The van der Waals surface area contributed by atoms with Gasteiger partial charge in [0.15, 0.2) is 0 Å². The Labute approximate surface area is 138 Å². The summed E-state index contributed by atoms with van der Waals surface area (Å²) in [7, 11) is 0. The summed E-state index contributed by atoms with van der Waals surface area (Å²) in [5.74, 6) is 0. The monoisotopic (exact) mass is 335 g/mol. The SMILES string of the molecule is Cc1ccc([C@@H](CC#N)N2CCNCC2)cc1Cl.Cl.Cl. The lowest BCUT2D eigenvalue weighted by Gasteiger charge is -2.34. The minimum Gasteiger partial charge on any atom is -0.314 e. The van der Waals surface area contributed by atoms with E-state index in [4.69, 9.17) is 16.9 Å². The van der Waals surface area contributed by atoms with E-state index in [1.807, 2.05) is 19.1 Å². The lowest BCUT2D eigenvalue weighted by atomic mass is 10.0. The highest BCUT2D eigenvalue weighted by Crippen LogP contribution is 2.28. The quantitative estimate of drug-likeness (QED) is 0.920. The molecule has 1 saturated heterocycles. The van der Waals surface area contributed by atoms with Gasteiger partial charge in [-0.3, -0.25) is 4.90 Å². The molecule has 2 rings (SSSR count). The third-order valence-electron chi connectivity index (χ3n) is 3.46. The molecule has 112 valence electrons. The van der Waals surface area contributed by atoms with Crippen LogP contribution < -0.4 is 5.32 Å². The molecule has 1 atom stereocenters. The average Bonchev–Trinajstić information content (AvgIpc) is 2.40. The first-order valence-corrected chi connectivity index (χ1v) is 6.68. The van der Waals surface area contributed by atoms with Crippen molar-refractivity contribution in [3.05, 3.63) is 34.3 Å². The maximum absolute atomic E-state index is 9.03. The molecule has 0 spiro atoms. The smallest absolute Gasteiger partial charge is 0.0641 e. The molecule has 0 aliphatic carbocycles. The molecule has 1 aliphatic heterocycles. The number of nitriles is 1. The fourth-order valence-electron chi connectivity index (χ4n) is 2.35. The van der Waals surface area contributed by atoms with Crippen molar-refractivity contribution in [3.8, 4) is 6.07 Å². The van der Waals surface area contributed by atoms with Crippen LogP contribution in [0.1, 0.15) is 23.6 Å². The number of piperazine rings is 1. The van der Waals surface area contributed by atoms with Crippen LogP contribution in [0.15, 0.2) is 18.2 Å². The number of aryl methyl sites for hydroxylation is 1. The first-order chi connectivity index (χ1) is 8.72. The van der Waals surface area contributed by atoms with Gasteiger partial charge < -0.3 is 5.32 Å². The van der Waals surface area contributed by atoms with Crippen molar-refractivity contribution in [1.29, 1.82) is 5.26 Å². The average molecular weight is 337 g/mol. The van der Waals surface area contributed by atoms with E-state index in [0.29, 0.717) is 6.42 Å². The van der Waals surface area contributed by atoms with Gasteiger partial charge in [0.1, 0.15) is 0 Å². The Morgan fingerprint density at radius 1 is 1.35 bits per heavy atom. The van der Waals surface area contributed by atoms with Crippen molar-refractivity contribution < 1.29 is 0 Å². The lowest BCUT2D eigenvalue weighted by Crippen LogP contribution is -2.45. The predicted octanol–water partition coefficient (Wildman–Crippen LogP) is 3.35. The third kappa shape index (κ3) is 4.80. The first kappa shape index (κ1) is 19.5. The highest BCUT2D eigenvalue weighted by atomic mass is 35.5. The minimum absolute atomic E-state index is 0. The molecule has 1 heterocycles. The highest BCUT2D eigenvalue weighted by Gasteiger charge is 2.22. The second-order valence-electron chi connectivity index (χ2n) is 4.67. The molecule has 1 aromatic carbocycles. The van der Waals surface area contributed by atoms with Gasteiger partial charge >= 0.3 is 0 Å². The van der Waals surface area contributed by atoms with Gasteiger partial charge in [-0.2, -0.15) is 5.26 Å². The number of nitrogens with zero attached hydrogens (tertiary/aromatic N) is 2. The number of benzene rings is 1. The summed E-state index contributed by atoms with van der Waals surface area (Å²) < 4.78 is 0. The topological polar surface area (TPSA) is 39.1 Å². The summed E-state index contributed by atoms with van der Waals surface area (Å²) in [6.45, 7) is 5.94. The van der Waals surface area contributed by atoms with E-state index in [1.54, 1.807) is 0 Å². The maximum Gasteiger partial charge on any atom is 0.0641 e. The molecule has 0 bridgehead atoms. The maximum atomic E-state index is 9.03. The Kier molecular flexibility index (Phi) is 9.20. The second-order valence-corrected chi connectivity index (χ2v) is 5.08. The van der Waals surface area contributed by atoms with Gasteiger partial charge in [-0.1, -0.05) is 23.7 Å². The van der Waals surface area contributed by atoms with Crippen molar-refractivity contribution in [2.24, 2.45) is 0 Å². The fourth-order valence-corrected chi connectivity index (χ4v) is 2.54. The molecule has 0 unspecified atom stereocenters. The molecule has 3 nitrogen and oxygen atoms in total. The number of hydrogen-bond acceptors (Lipinski definition) is 3. The van der Waals surface area contributed by atoms with Crippen LogP contribution in [-0.2, 0) is 0 Å². The van der Waals surface area contributed by atoms with E-state index in [0.717, 1.165) is 42.3 Å². The molecule has 0 saturated carbocycles. The Morgan fingerprint density at radius 3 is 2.55 bits per heavy atom. The number of rotatable bonds is 3. The molecule has 0 amide bonds. The van der Waals surface area contributed by atoms with Crippen LogP contribution in [0.4, 0.5) is 0 Å². The lowest BCUT2D eigenvalue weighted by molar-refractivity contribution is 0.175. The van der Waals surface area contributed by atoms with E-state index in [2.05, 4.69) is 22.4 Å². The molecule has 0 radical (unpaired) electrons. The van der Waals surface area contributed by atoms with Crippen LogP contribution in [0.25, 0.3) is 0 Å². The van der Waals surface area contributed by atoms with E-state index in [-0.39, 0.29) is 30.9 Å². The van der Waals surface area contributed by atoms with Crippen molar-refractivity contribution in [3.63, 3.8) is 0 Å². The number of nitrogens with one attached hydrogen (secondary N) is 1. The summed E-state index contributed by atoms with van der Waals surface area (Å²) in [5.41, 5.74) is 2.23. The van der Waals surface area contributed by atoms with Crippen molar-refractivity contribution in [2.75, 3.05) is 26.2 Å². The van der Waals surface area contributed by atoms with E-state index in [1.165, 1.54) is 0 Å². The van der Waals surface area contributed by atoms with Crippen LogP contribution in [0.2, 0.25) is 5.02 Å². The Hall–Kier alpha value is -0.500. The van der Waals surface area contributed by atoms with E-state index < -0.39 is 0 Å². The third-order valence-corrected chi connectivity index (χ3v) is 3.86. The standard InChI is InChI=1S/C14H18ClN3.2ClH/c1-11-2-3-12(10-13(11)15)14(4-5-16)18-8-6-17-7-9-18;;/h2-3,10,14,17H,4,6-9H2,1H3;2*1H/t14-;;/m1../s1. The van der Waals surface area contributed by atoms with E-state index >= 15 is 0 Å². The zero-order valence-corrected chi connectivity index (χ0v) is 13.8. The molecule has 6 heteroatoms. The summed E-state index contributed by atoms with van der Waals surface area (Å²) in [5, 5.41) is 13.1. The minimum atomic E-state index is 0. The largest absolute Gasteiger partial charge is 0.314 e. The molecule has 20 heavy (non-hydrogen) atoms. The molecule has 1 fully saturated rings. The van der Waals surface area contributed by atoms with Crippen LogP contribution in [0.5, 0.6) is 0 Å². The molecule has 1 aliphatic rings. The molecular formula is C14H20Cl3N3. The normalized spacial score (nSPS) is 16.4. The summed E-state index contributed by atoms with van der Waals surface area (Å²) in [6.07, 6.45) is 0.513. The Bertz CT molecular complexity index is 453. The Morgan fingerprint density at radius 2 is 2.00 bits per heavy atom. The van der Waals surface area contributed by atoms with Crippen molar-refractivity contribution in [1.82, 2.24) is 10.2 Å². The van der Waals surface area contributed by atoms with Crippen molar-refractivity contribution >= 4 is 36.4 Å². The zero-order chi connectivity index (χ0) is 13.0. The number of halogens is 3. The van der Waals surface area contributed by atoms with Gasteiger partial charge in [-0.15, -0.1) is 24.8 Å². The summed E-state index contributed by atoms with van der Waals surface area (Å²) in [4.78, 5) is 2.36. The van der Waals surface area contributed by atoms with Gasteiger partial charge in [0, 0.05) is 37.2 Å². The Balaban J connectivity index is 0.00000180. The first-order valence-electron chi connectivity index (χ1n) is 6.30. The zero-order valence-electron chi connectivity index (χ0n) is 11.4. The van der Waals surface area contributed by atoms with Gasteiger partial charge in [-0.05, 0) is 24.1 Å². The van der Waals surface area contributed by atoms with Crippen LogP contribution in [0.3, 0.4) is 0 Å². The van der Waals surface area contributed by atoms with Gasteiger partial charge in [0.05, 0.1) is 12.5 Å². The highest BCUT2D eigenvalue weighted by molar-refractivity contribution is 6.31. The van der Waals surface area contributed by atoms with Crippen LogP contribution in [-0.4, -0.2) is 31.1 Å². The molecular weight excluding hydrogens is 317 g/mol. The molecule has 0 aromatic heterocycles. The van der Waals surface area contributed by atoms with Gasteiger partial charge in [-0.25, -0.2) is 0 Å². The summed E-state index contributed by atoms with van der Waals surface area (Å²) >= 11 is 6.18. The van der Waals surface area contributed by atoms with Gasteiger partial charge in [0.2, 0.25) is 0 Å².